The molecule has 2 heterocycles. The van der Waals surface area contributed by atoms with Gasteiger partial charge < -0.3 is 10.3 Å². The van der Waals surface area contributed by atoms with Gasteiger partial charge in [0.2, 0.25) is 0 Å². The topological polar surface area (TPSA) is 65.2 Å². The third kappa shape index (κ3) is 3.46. The van der Waals surface area contributed by atoms with Crippen molar-refractivity contribution in [3.8, 4) is 0 Å². The average Bonchev–Trinajstić information content (AvgIpc) is 2.90. The van der Waals surface area contributed by atoms with Crippen LogP contribution in [0.5, 0.6) is 0 Å². The molecule has 132 valence electrons. The standard InChI is InChI=1S/C18H19F2N3O2/c1-10-3-5-12(17(24)21-10)18(25)22-15-7-8-23(2)16(15)11-4-6-13(19)14(20)9-11/h3-6,9,15-16H,7-8H2,1-2H3,(H,21,24)(H,22,25). The Kier molecular flexibility index (Phi) is 4.67. The maximum absolute atomic E-state index is 13.6. The molecule has 1 saturated heterocycles. The molecular formula is C18H19F2N3O2. The highest BCUT2D eigenvalue weighted by molar-refractivity contribution is 5.94. The summed E-state index contributed by atoms with van der Waals surface area (Å²) < 4.78 is 26.8. The highest BCUT2D eigenvalue weighted by atomic mass is 19.2. The summed E-state index contributed by atoms with van der Waals surface area (Å²) in [6.45, 7) is 2.42. The second-order valence-electron chi connectivity index (χ2n) is 6.35. The number of H-pyrrole nitrogens is 1. The molecule has 5 nitrogen and oxygen atoms in total. The monoisotopic (exact) mass is 347 g/mol. The molecule has 25 heavy (non-hydrogen) atoms. The van der Waals surface area contributed by atoms with E-state index < -0.39 is 23.1 Å². The van der Waals surface area contributed by atoms with Crippen LogP contribution < -0.4 is 10.9 Å². The normalized spacial score (nSPS) is 20.6. The van der Waals surface area contributed by atoms with Gasteiger partial charge in [0.05, 0.1) is 12.1 Å². The Balaban J connectivity index is 1.84. The molecule has 0 spiro atoms. The molecule has 1 aromatic carbocycles. The van der Waals surface area contributed by atoms with Crippen molar-refractivity contribution in [1.82, 2.24) is 15.2 Å². The van der Waals surface area contributed by atoms with Crippen LogP contribution in [0, 0.1) is 18.6 Å². The molecule has 2 atom stereocenters. The first kappa shape index (κ1) is 17.3. The van der Waals surface area contributed by atoms with Crippen molar-refractivity contribution in [3.05, 3.63) is 69.1 Å². The Morgan fingerprint density at radius 1 is 1.24 bits per heavy atom. The third-order valence-corrected chi connectivity index (χ3v) is 4.55. The van der Waals surface area contributed by atoms with Crippen molar-refractivity contribution in [2.24, 2.45) is 0 Å². The van der Waals surface area contributed by atoms with Crippen molar-refractivity contribution < 1.29 is 13.6 Å². The van der Waals surface area contributed by atoms with E-state index in [0.29, 0.717) is 24.2 Å². The minimum atomic E-state index is -0.919. The van der Waals surface area contributed by atoms with Gasteiger partial charge in [-0.15, -0.1) is 0 Å². The number of aromatic amines is 1. The summed E-state index contributed by atoms with van der Waals surface area (Å²) in [6.07, 6.45) is 0.648. The van der Waals surface area contributed by atoms with E-state index in [1.165, 1.54) is 12.1 Å². The van der Waals surface area contributed by atoms with E-state index in [4.69, 9.17) is 0 Å². The van der Waals surface area contributed by atoms with Crippen LogP contribution in [0.25, 0.3) is 0 Å². The van der Waals surface area contributed by atoms with Crippen LogP contribution in [-0.2, 0) is 0 Å². The van der Waals surface area contributed by atoms with Crippen LogP contribution in [0.1, 0.15) is 34.1 Å². The van der Waals surface area contributed by atoms with E-state index in [9.17, 15) is 18.4 Å². The molecule has 2 aromatic rings. The molecule has 7 heteroatoms. The number of nitrogens with zero attached hydrogens (tertiary/aromatic N) is 1. The van der Waals surface area contributed by atoms with Crippen LogP contribution >= 0.6 is 0 Å². The van der Waals surface area contributed by atoms with Crippen molar-refractivity contribution in [2.45, 2.75) is 25.4 Å². The lowest BCUT2D eigenvalue weighted by molar-refractivity contribution is 0.0926. The molecule has 1 fully saturated rings. The molecule has 0 bridgehead atoms. The maximum atomic E-state index is 13.6. The zero-order valence-corrected chi connectivity index (χ0v) is 14.0. The van der Waals surface area contributed by atoms with E-state index >= 15 is 0 Å². The average molecular weight is 347 g/mol. The minimum Gasteiger partial charge on any atom is -0.347 e. The number of carbonyl (C=O) groups excluding carboxylic acids is 1. The summed E-state index contributed by atoms with van der Waals surface area (Å²) >= 11 is 0. The summed E-state index contributed by atoms with van der Waals surface area (Å²) in [6, 6.07) is 6.30. The van der Waals surface area contributed by atoms with Gasteiger partial charge in [0.1, 0.15) is 5.56 Å². The summed E-state index contributed by atoms with van der Waals surface area (Å²) in [5.74, 6) is -2.30. The van der Waals surface area contributed by atoms with Gasteiger partial charge in [-0.25, -0.2) is 8.78 Å². The van der Waals surface area contributed by atoms with E-state index in [2.05, 4.69) is 10.3 Å². The number of benzene rings is 1. The number of likely N-dealkylation sites (tertiary alicyclic amines) is 1. The van der Waals surface area contributed by atoms with Gasteiger partial charge in [-0.05, 0) is 50.2 Å². The quantitative estimate of drug-likeness (QED) is 0.894. The number of hydrogen-bond donors (Lipinski definition) is 2. The Labute approximate surface area is 143 Å². The molecule has 1 aromatic heterocycles. The van der Waals surface area contributed by atoms with E-state index in [1.807, 2.05) is 11.9 Å². The first-order valence-corrected chi connectivity index (χ1v) is 8.03. The van der Waals surface area contributed by atoms with Gasteiger partial charge in [0.15, 0.2) is 11.6 Å². The fraction of sp³-hybridized carbons (Fsp3) is 0.333. The number of aromatic nitrogens is 1. The maximum Gasteiger partial charge on any atom is 0.260 e. The molecular weight excluding hydrogens is 328 g/mol. The molecule has 1 aliphatic rings. The minimum absolute atomic E-state index is 0.0317. The number of hydrogen-bond acceptors (Lipinski definition) is 3. The number of halogens is 2. The molecule has 1 aliphatic heterocycles. The van der Waals surface area contributed by atoms with Crippen LogP contribution in [0.4, 0.5) is 8.78 Å². The fourth-order valence-electron chi connectivity index (χ4n) is 3.28. The molecule has 3 rings (SSSR count). The zero-order valence-electron chi connectivity index (χ0n) is 14.0. The lowest BCUT2D eigenvalue weighted by atomic mass is 9.99. The number of likely N-dealkylation sites (N-methyl/N-ethyl adjacent to an activating group) is 1. The van der Waals surface area contributed by atoms with Gasteiger partial charge in [-0.1, -0.05) is 6.07 Å². The Morgan fingerprint density at radius 2 is 2.00 bits per heavy atom. The molecule has 2 unspecified atom stereocenters. The highest BCUT2D eigenvalue weighted by Crippen LogP contribution is 2.31. The number of aryl methyl sites for hydroxylation is 1. The first-order valence-electron chi connectivity index (χ1n) is 8.03. The molecule has 0 aliphatic carbocycles. The number of nitrogens with one attached hydrogen (secondary N) is 2. The van der Waals surface area contributed by atoms with E-state index in [0.717, 1.165) is 12.1 Å². The summed E-state index contributed by atoms with van der Waals surface area (Å²) in [7, 11) is 1.86. The number of rotatable bonds is 3. The zero-order chi connectivity index (χ0) is 18.1. The van der Waals surface area contributed by atoms with E-state index in [-0.39, 0.29) is 17.6 Å². The number of amides is 1. The van der Waals surface area contributed by atoms with Crippen molar-refractivity contribution in [3.63, 3.8) is 0 Å². The number of pyridine rings is 1. The SMILES string of the molecule is Cc1ccc(C(=O)NC2CCN(C)C2c2ccc(F)c(F)c2)c(=O)[nH]1. The molecule has 0 radical (unpaired) electrons. The fourth-order valence-corrected chi connectivity index (χ4v) is 3.28. The third-order valence-electron chi connectivity index (χ3n) is 4.55. The van der Waals surface area contributed by atoms with Gasteiger partial charge in [-0.2, -0.15) is 0 Å². The number of carbonyl (C=O) groups is 1. The summed E-state index contributed by atoms with van der Waals surface area (Å²) in [5.41, 5.74) is 0.834. The summed E-state index contributed by atoms with van der Waals surface area (Å²) in [4.78, 5) is 28.9. The van der Waals surface area contributed by atoms with Gasteiger partial charge in [0.25, 0.3) is 11.5 Å². The van der Waals surface area contributed by atoms with Crippen molar-refractivity contribution in [1.29, 1.82) is 0 Å². The van der Waals surface area contributed by atoms with Gasteiger partial charge >= 0.3 is 0 Å². The predicted molar refractivity (Wildman–Crippen MR) is 89.4 cm³/mol. The molecule has 2 N–H and O–H groups in total. The lowest BCUT2D eigenvalue weighted by Crippen LogP contribution is -2.40. The van der Waals surface area contributed by atoms with Crippen molar-refractivity contribution >= 4 is 5.91 Å². The second-order valence-corrected chi connectivity index (χ2v) is 6.35. The second kappa shape index (κ2) is 6.76. The van der Waals surface area contributed by atoms with Crippen LogP contribution in [-0.4, -0.2) is 35.4 Å². The highest BCUT2D eigenvalue weighted by Gasteiger charge is 2.34. The largest absolute Gasteiger partial charge is 0.347 e. The summed E-state index contributed by atoms with van der Waals surface area (Å²) in [5, 5.41) is 2.85. The Bertz CT molecular complexity index is 866. The van der Waals surface area contributed by atoms with Crippen molar-refractivity contribution in [2.75, 3.05) is 13.6 Å². The van der Waals surface area contributed by atoms with E-state index in [1.54, 1.807) is 13.0 Å². The van der Waals surface area contributed by atoms with Crippen LogP contribution in [0.15, 0.2) is 35.1 Å². The molecule has 1 amide bonds. The first-order chi connectivity index (χ1) is 11.9. The van der Waals surface area contributed by atoms with Gasteiger partial charge in [-0.3, -0.25) is 14.5 Å². The predicted octanol–water partition coefficient (Wildman–Crippen LogP) is 2.14. The van der Waals surface area contributed by atoms with Gasteiger partial charge in [0, 0.05) is 12.2 Å². The molecule has 0 saturated carbocycles. The Morgan fingerprint density at radius 3 is 2.68 bits per heavy atom. The van der Waals surface area contributed by atoms with Crippen LogP contribution in [0.2, 0.25) is 0 Å². The smallest absolute Gasteiger partial charge is 0.260 e. The Hall–Kier alpha value is -2.54. The van der Waals surface area contributed by atoms with Crippen LogP contribution in [0.3, 0.4) is 0 Å². The lowest BCUT2D eigenvalue weighted by Gasteiger charge is -2.26.